The molecule has 1 heterocycles. The Labute approximate surface area is 75.6 Å². The Morgan fingerprint density at radius 3 is 1.83 bits per heavy atom. The number of nitrogens with zero attached hydrogens (tertiary/aromatic N) is 1. The van der Waals surface area contributed by atoms with Gasteiger partial charge in [-0.1, -0.05) is 13.8 Å². The van der Waals surface area contributed by atoms with Crippen LogP contribution in [0.1, 0.15) is 20.8 Å². The van der Waals surface area contributed by atoms with Crippen molar-refractivity contribution in [3.63, 3.8) is 0 Å². The van der Waals surface area contributed by atoms with Gasteiger partial charge in [-0.3, -0.25) is 0 Å². The van der Waals surface area contributed by atoms with Gasteiger partial charge >= 0.3 is 0 Å². The summed E-state index contributed by atoms with van der Waals surface area (Å²) in [5, 5.41) is 0. The van der Waals surface area contributed by atoms with Crippen molar-refractivity contribution >= 4 is 0 Å². The molecule has 1 fully saturated rings. The van der Waals surface area contributed by atoms with Gasteiger partial charge < -0.3 is 14.4 Å². The third-order valence-corrected chi connectivity index (χ3v) is 1.78. The van der Waals surface area contributed by atoms with Gasteiger partial charge in [-0.05, 0) is 21.0 Å². The molecular formula is C9H21NO2. The van der Waals surface area contributed by atoms with E-state index in [9.17, 15) is 0 Å². The molecule has 1 aliphatic rings. The summed E-state index contributed by atoms with van der Waals surface area (Å²) in [7, 11) is 4.07. The van der Waals surface area contributed by atoms with Crippen LogP contribution < -0.4 is 0 Å². The summed E-state index contributed by atoms with van der Waals surface area (Å²) in [5.74, 6) is 0. The standard InChI is InChI=1S/C7H15NO2.C2H6/c1-6-9-4-7(5-10-6)8(2)3;1-2/h6-7H,4-5H2,1-3H3;1-2H3. The summed E-state index contributed by atoms with van der Waals surface area (Å²) < 4.78 is 10.6. The van der Waals surface area contributed by atoms with E-state index >= 15 is 0 Å². The number of rotatable bonds is 1. The smallest absolute Gasteiger partial charge is 0.154 e. The lowest BCUT2D eigenvalue weighted by Crippen LogP contribution is -2.43. The van der Waals surface area contributed by atoms with Crippen molar-refractivity contribution in [3.8, 4) is 0 Å². The van der Waals surface area contributed by atoms with Crippen molar-refractivity contribution < 1.29 is 9.47 Å². The summed E-state index contributed by atoms with van der Waals surface area (Å²) in [5.41, 5.74) is 0. The van der Waals surface area contributed by atoms with E-state index in [1.807, 2.05) is 34.9 Å². The zero-order valence-electron chi connectivity index (χ0n) is 8.83. The second-order valence-electron chi connectivity index (χ2n) is 2.85. The molecule has 0 atom stereocenters. The minimum absolute atomic E-state index is 0.0174. The van der Waals surface area contributed by atoms with E-state index in [0.717, 1.165) is 13.2 Å². The zero-order valence-corrected chi connectivity index (χ0v) is 8.83. The van der Waals surface area contributed by atoms with Crippen LogP contribution in [0.4, 0.5) is 0 Å². The molecule has 1 rings (SSSR count). The number of hydrogen-bond donors (Lipinski definition) is 0. The van der Waals surface area contributed by atoms with Gasteiger partial charge in [0.25, 0.3) is 0 Å². The SMILES string of the molecule is CC.CC1OCC(N(C)C)CO1. The number of likely N-dealkylation sites (N-methyl/N-ethyl adjacent to an activating group) is 1. The van der Waals surface area contributed by atoms with Crippen molar-refractivity contribution in [3.05, 3.63) is 0 Å². The normalized spacial score (nSPS) is 29.5. The van der Waals surface area contributed by atoms with Crippen LogP contribution in [0, 0.1) is 0 Å². The van der Waals surface area contributed by atoms with Crippen LogP contribution in [0.5, 0.6) is 0 Å². The van der Waals surface area contributed by atoms with E-state index in [4.69, 9.17) is 9.47 Å². The van der Waals surface area contributed by atoms with Gasteiger partial charge in [0.2, 0.25) is 0 Å². The lowest BCUT2D eigenvalue weighted by atomic mass is 10.3. The maximum absolute atomic E-state index is 5.29. The van der Waals surface area contributed by atoms with Gasteiger partial charge in [0.05, 0.1) is 19.3 Å². The maximum Gasteiger partial charge on any atom is 0.154 e. The van der Waals surface area contributed by atoms with Crippen LogP contribution >= 0.6 is 0 Å². The van der Waals surface area contributed by atoms with E-state index in [0.29, 0.717) is 6.04 Å². The highest BCUT2D eigenvalue weighted by Gasteiger charge is 2.19. The first-order valence-corrected chi connectivity index (χ1v) is 4.60. The highest BCUT2D eigenvalue weighted by atomic mass is 16.7. The Morgan fingerprint density at radius 1 is 1.08 bits per heavy atom. The molecular weight excluding hydrogens is 154 g/mol. The first-order valence-electron chi connectivity index (χ1n) is 4.60. The molecule has 3 heteroatoms. The summed E-state index contributed by atoms with van der Waals surface area (Å²) in [6.45, 7) is 7.49. The summed E-state index contributed by atoms with van der Waals surface area (Å²) >= 11 is 0. The van der Waals surface area contributed by atoms with Gasteiger partial charge in [-0.15, -0.1) is 0 Å². The average Bonchev–Trinajstić information content (AvgIpc) is 2.09. The molecule has 1 saturated heterocycles. The molecule has 3 nitrogen and oxygen atoms in total. The molecule has 0 spiro atoms. The fourth-order valence-electron chi connectivity index (χ4n) is 0.888. The summed E-state index contributed by atoms with van der Waals surface area (Å²) in [6, 6.07) is 0.427. The molecule has 12 heavy (non-hydrogen) atoms. The van der Waals surface area contributed by atoms with Crippen molar-refractivity contribution in [2.45, 2.75) is 33.1 Å². The van der Waals surface area contributed by atoms with Crippen LogP contribution in [0.25, 0.3) is 0 Å². The Morgan fingerprint density at radius 2 is 1.50 bits per heavy atom. The fraction of sp³-hybridized carbons (Fsp3) is 1.00. The third kappa shape index (κ3) is 4.04. The largest absolute Gasteiger partial charge is 0.351 e. The van der Waals surface area contributed by atoms with E-state index < -0.39 is 0 Å². The molecule has 1 aliphatic heterocycles. The fourth-order valence-corrected chi connectivity index (χ4v) is 0.888. The number of hydrogen-bond acceptors (Lipinski definition) is 3. The second kappa shape index (κ2) is 6.40. The molecule has 0 N–H and O–H groups in total. The Bertz CT molecular complexity index is 98.7. The van der Waals surface area contributed by atoms with Crippen LogP contribution in [0.2, 0.25) is 0 Å². The van der Waals surface area contributed by atoms with Crippen LogP contribution in [-0.2, 0) is 9.47 Å². The monoisotopic (exact) mass is 175 g/mol. The minimum Gasteiger partial charge on any atom is -0.351 e. The van der Waals surface area contributed by atoms with E-state index in [1.165, 1.54) is 0 Å². The van der Waals surface area contributed by atoms with Gasteiger partial charge in [-0.2, -0.15) is 0 Å². The van der Waals surface area contributed by atoms with Crippen molar-refractivity contribution in [2.75, 3.05) is 27.3 Å². The molecule has 0 radical (unpaired) electrons. The molecule has 0 aromatic heterocycles. The Balaban J connectivity index is 0.000000561. The van der Waals surface area contributed by atoms with Crippen LogP contribution in [0.3, 0.4) is 0 Å². The molecule has 0 saturated carbocycles. The molecule has 0 aliphatic carbocycles. The van der Waals surface area contributed by atoms with E-state index in [2.05, 4.69) is 4.90 Å². The van der Waals surface area contributed by atoms with E-state index in [-0.39, 0.29) is 6.29 Å². The number of ether oxygens (including phenoxy) is 2. The van der Waals surface area contributed by atoms with E-state index in [1.54, 1.807) is 0 Å². The predicted molar refractivity (Wildman–Crippen MR) is 50.2 cm³/mol. The Kier molecular flexibility index (Phi) is 6.34. The topological polar surface area (TPSA) is 21.7 Å². The quantitative estimate of drug-likeness (QED) is 0.600. The summed E-state index contributed by atoms with van der Waals surface area (Å²) in [4.78, 5) is 2.12. The van der Waals surface area contributed by atoms with Crippen molar-refractivity contribution in [1.29, 1.82) is 0 Å². The van der Waals surface area contributed by atoms with Gasteiger partial charge in [0.1, 0.15) is 0 Å². The Hall–Kier alpha value is -0.120. The molecule has 0 bridgehead atoms. The highest BCUT2D eigenvalue weighted by Crippen LogP contribution is 2.07. The molecule has 74 valence electrons. The average molecular weight is 175 g/mol. The highest BCUT2D eigenvalue weighted by molar-refractivity contribution is 4.67. The molecule has 0 aromatic carbocycles. The molecule has 0 unspecified atom stereocenters. The first-order chi connectivity index (χ1) is 5.70. The second-order valence-corrected chi connectivity index (χ2v) is 2.85. The molecule has 0 amide bonds. The van der Waals surface area contributed by atoms with Crippen LogP contribution in [0.15, 0.2) is 0 Å². The lowest BCUT2D eigenvalue weighted by Gasteiger charge is -2.31. The zero-order chi connectivity index (χ0) is 9.56. The van der Waals surface area contributed by atoms with Crippen molar-refractivity contribution in [1.82, 2.24) is 4.90 Å². The molecule has 0 aromatic rings. The van der Waals surface area contributed by atoms with Gasteiger partial charge in [-0.25, -0.2) is 0 Å². The third-order valence-electron chi connectivity index (χ3n) is 1.78. The van der Waals surface area contributed by atoms with Gasteiger partial charge in [0.15, 0.2) is 6.29 Å². The predicted octanol–water partition coefficient (Wildman–Crippen LogP) is 1.34. The summed E-state index contributed by atoms with van der Waals surface area (Å²) in [6.07, 6.45) is -0.0174. The first kappa shape index (κ1) is 11.9. The lowest BCUT2D eigenvalue weighted by molar-refractivity contribution is -0.191. The minimum atomic E-state index is -0.0174. The maximum atomic E-state index is 5.29. The van der Waals surface area contributed by atoms with Crippen molar-refractivity contribution in [2.24, 2.45) is 0 Å². The van der Waals surface area contributed by atoms with Crippen LogP contribution in [-0.4, -0.2) is 44.5 Å². The van der Waals surface area contributed by atoms with Gasteiger partial charge in [0, 0.05) is 0 Å².